The van der Waals surface area contributed by atoms with Gasteiger partial charge in [-0.1, -0.05) is 22.6 Å². The zero-order valence-corrected chi connectivity index (χ0v) is 15.5. The molecule has 0 fully saturated rings. The Balaban J connectivity index is 1.71. The Bertz CT molecular complexity index is 1210. The molecule has 0 aliphatic heterocycles. The van der Waals surface area contributed by atoms with E-state index in [1.807, 2.05) is 19.1 Å². The first-order chi connectivity index (χ1) is 13.7. The summed E-state index contributed by atoms with van der Waals surface area (Å²) in [6.45, 7) is 1.89. The van der Waals surface area contributed by atoms with Crippen molar-refractivity contribution >= 4 is 32.6 Å². The first kappa shape index (κ1) is 19.0. The Kier molecular flexibility index (Phi) is 4.53. The number of carbonyl (C=O) groups is 1. The summed E-state index contributed by atoms with van der Waals surface area (Å²) in [5, 5.41) is 9.34. The fourth-order valence-corrected chi connectivity index (χ4v) is 3.65. The fourth-order valence-electron chi connectivity index (χ4n) is 2.69. The van der Waals surface area contributed by atoms with Crippen LogP contribution < -0.4 is 5.32 Å². The van der Waals surface area contributed by atoms with Crippen LogP contribution in [0.5, 0.6) is 0 Å². The highest BCUT2D eigenvalue weighted by molar-refractivity contribution is 7.22. The second-order valence-corrected chi connectivity index (χ2v) is 7.15. The Morgan fingerprint density at radius 1 is 1.14 bits per heavy atom. The largest absolute Gasteiger partial charge is 0.435 e. The second-order valence-electron chi connectivity index (χ2n) is 6.12. The number of aryl methyl sites for hydroxylation is 1. The van der Waals surface area contributed by atoms with Crippen molar-refractivity contribution in [2.24, 2.45) is 0 Å². The van der Waals surface area contributed by atoms with Gasteiger partial charge in [-0.25, -0.2) is 14.1 Å². The van der Waals surface area contributed by atoms with Gasteiger partial charge in [0.2, 0.25) is 0 Å². The number of rotatable bonds is 3. The van der Waals surface area contributed by atoms with Crippen LogP contribution in [0.2, 0.25) is 0 Å². The van der Waals surface area contributed by atoms with Crippen LogP contribution >= 0.6 is 11.3 Å². The molecular formula is C18H11F4N5OS. The SMILES string of the molecule is Cc1ccc2nc(NC(=O)c3nnn(-c4ccc(F)cc4)c3C(F)(F)F)sc2c1. The standard InChI is InChI=1S/C18H11F4N5OS/c1-9-2-7-12-13(8-9)29-17(23-12)24-16(28)14-15(18(20,21)22)27(26-25-14)11-5-3-10(19)4-6-11/h2-8H,1H3,(H,23,24,28). The zero-order chi connectivity index (χ0) is 20.8. The number of benzene rings is 2. The van der Waals surface area contributed by atoms with Gasteiger partial charge in [-0.2, -0.15) is 13.2 Å². The van der Waals surface area contributed by atoms with E-state index in [0.29, 0.717) is 10.2 Å². The summed E-state index contributed by atoms with van der Waals surface area (Å²) in [5.74, 6) is -1.71. The molecule has 2 heterocycles. The van der Waals surface area contributed by atoms with Gasteiger partial charge in [-0.05, 0) is 48.9 Å². The highest BCUT2D eigenvalue weighted by Gasteiger charge is 2.42. The van der Waals surface area contributed by atoms with E-state index in [4.69, 9.17) is 0 Å². The maximum absolute atomic E-state index is 13.7. The molecule has 2 aromatic heterocycles. The lowest BCUT2D eigenvalue weighted by Gasteiger charge is -2.10. The van der Waals surface area contributed by atoms with Gasteiger partial charge in [0.15, 0.2) is 16.5 Å². The van der Waals surface area contributed by atoms with Gasteiger partial charge < -0.3 is 0 Å². The molecule has 2 aromatic carbocycles. The van der Waals surface area contributed by atoms with E-state index in [2.05, 4.69) is 20.6 Å². The molecule has 0 saturated heterocycles. The lowest BCUT2D eigenvalue weighted by atomic mass is 10.2. The number of amides is 1. The van der Waals surface area contributed by atoms with Crippen LogP contribution in [0.4, 0.5) is 22.7 Å². The number of fused-ring (bicyclic) bond motifs is 1. The molecule has 11 heteroatoms. The predicted octanol–water partition coefficient (Wildman–Crippen LogP) is 4.60. The lowest BCUT2D eigenvalue weighted by molar-refractivity contribution is -0.143. The number of nitrogens with zero attached hydrogens (tertiary/aromatic N) is 4. The van der Waals surface area contributed by atoms with Crippen LogP contribution in [-0.2, 0) is 6.18 Å². The maximum atomic E-state index is 13.7. The van der Waals surface area contributed by atoms with Crippen molar-refractivity contribution in [3.63, 3.8) is 0 Å². The van der Waals surface area contributed by atoms with Crippen LogP contribution in [0.25, 0.3) is 15.9 Å². The summed E-state index contributed by atoms with van der Waals surface area (Å²) in [4.78, 5) is 16.7. The molecule has 0 bridgehead atoms. The van der Waals surface area contributed by atoms with E-state index in [0.717, 1.165) is 45.9 Å². The quantitative estimate of drug-likeness (QED) is 0.491. The summed E-state index contributed by atoms with van der Waals surface area (Å²) in [6.07, 6.45) is -4.92. The lowest BCUT2D eigenvalue weighted by Crippen LogP contribution is -2.21. The van der Waals surface area contributed by atoms with Crippen molar-refractivity contribution in [2.45, 2.75) is 13.1 Å². The number of hydrogen-bond donors (Lipinski definition) is 1. The van der Waals surface area contributed by atoms with Gasteiger partial charge in [-0.3, -0.25) is 10.1 Å². The van der Waals surface area contributed by atoms with Crippen LogP contribution in [-0.4, -0.2) is 25.9 Å². The molecule has 4 aromatic rings. The number of nitrogens with one attached hydrogen (secondary N) is 1. The van der Waals surface area contributed by atoms with Gasteiger partial charge >= 0.3 is 6.18 Å². The smallest absolute Gasteiger partial charge is 0.296 e. The molecule has 0 spiro atoms. The second kappa shape index (κ2) is 6.92. The molecule has 0 aliphatic rings. The molecule has 4 rings (SSSR count). The molecule has 148 valence electrons. The Labute approximate surface area is 164 Å². The minimum Gasteiger partial charge on any atom is -0.296 e. The zero-order valence-electron chi connectivity index (χ0n) is 14.7. The summed E-state index contributed by atoms with van der Waals surface area (Å²) in [7, 11) is 0. The number of hydrogen-bond acceptors (Lipinski definition) is 5. The van der Waals surface area contributed by atoms with Crippen LogP contribution in [0, 0.1) is 12.7 Å². The van der Waals surface area contributed by atoms with E-state index >= 15 is 0 Å². The molecule has 0 aliphatic carbocycles. The van der Waals surface area contributed by atoms with Gasteiger partial charge in [0, 0.05) is 0 Å². The topological polar surface area (TPSA) is 72.7 Å². The number of alkyl halides is 3. The molecule has 0 radical (unpaired) electrons. The van der Waals surface area contributed by atoms with Gasteiger partial charge in [0.05, 0.1) is 15.9 Å². The molecule has 1 N–H and O–H groups in total. The molecule has 0 saturated carbocycles. The van der Waals surface area contributed by atoms with Crippen molar-refractivity contribution in [1.29, 1.82) is 0 Å². The molecule has 6 nitrogen and oxygen atoms in total. The first-order valence-electron chi connectivity index (χ1n) is 8.20. The van der Waals surface area contributed by atoms with Crippen molar-refractivity contribution in [3.05, 3.63) is 65.2 Å². The molecule has 29 heavy (non-hydrogen) atoms. The molecule has 1 amide bonds. The Hall–Kier alpha value is -3.34. The number of aromatic nitrogens is 4. The van der Waals surface area contributed by atoms with Gasteiger partial charge in [0.25, 0.3) is 5.91 Å². The van der Waals surface area contributed by atoms with Crippen molar-refractivity contribution < 1.29 is 22.4 Å². The summed E-state index contributed by atoms with van der Waals surface area (Å²) >= 11 is 1.13. The van der Waals surface area contributed by atoms with E-state index in [1.54, 1.807) is 6.07 Å². The monoisotopic (exact) mass is 421 g/mol. The van der Waals surface area contributed by atoms with Crippen molar-refractivity contribution in [2.75, 3.05) is 5.32 Å². The minimum atomic E-state index is -4.92. The van der Waals surface area contributed by atoms with Crippen LogP contribution in [0.3, 0.4) is 0 Å². The number of anilines is 1. The molecule has 0 unspecified atom stereocenters. The number of thiazole rings is 1. The van der Waals surface area contributed by atoms with Crippen LogP contribution in [0.1, 0.15) is 21.7 Å². The average Bonchev–Trinajstić information content (AvgIpc) is 3.25. The first-order valence-corrected chi connectivity index (χ1v) is 9.01. The van der Waals surface area contributed by atoms with E-state index in [-0.39, 0.29) is 10.8 Å². The average molecular weight is 421 g/mol. The molecular weight excluding hydrogens is 410 g/mol. The third-order valence-corrected chi connectivity index (χ3v) is 4.92. The number of carbonyl (C=O) groups excluding carboxylic acids is 1. The highest BCUT2D eigenvalue weighted by atomic mass is 32.1. The van der Waals surface area contributed by atoms with Crippen molar-refractivity contribution in [1.82, 2.24) is 20.0 Å². The maximum Gasteiger partial charge on any atom is 0.435 e. The van der Waals surface area contributed by atoms with Gasteiger partial charge in [0.1, 0.15) is 5.82 Å². The van der Waals surface area contributed by atoms with E-state index < -0.39 is 29.3 Å². The summed E-state index contributed by atoms with van der Waals surface area (Å²) in [6, 6.07) is 9.63. The predicted molar refractivity (Wildman–Crippen MR) is 98.6 cm³/mol. The van der Waals surface area contributed by atoms with Gasteiger partial charge in [-0.15, -0.1) is 5.10 Å². The summed E-state index contributed by atoms with van der Waals surface area (Å²) in [5.41, 5.74) is -0.751. The Morgan fingerprint density at radius 2 is 1.86 bits per heavy atom. The normalized spacial score (nSPS) is 11.8. The summed E-state index contributed by atoms with van der Waals surface area (Å²) < 4.78 is 55.3. The van der Waals surface area contributed by atoms with E-state index in [9.17, 15) is 22.4 Å². The highest BCUT2D eigenvalue weighted by Crippen LogP contribution is 2.33. The van der Waals surface area contributed by atoms with Crippen molar-refractivity contribution in [3.8, 4) is 5.69 Å². The fraction of sp³-hybridized carbons (Fsp3) is 0.111. The third-order valence-electron chi connectivity index (χ3n) is 3.99. The van der Waals surface area contributed by atoms with Crippen LogP contribution in [0.15, 0.2) is 42.5 Å². The third kappa shape index (κ3) is 3.68. The number of halogens is 4. The molecule has 0 atom stereocenters. The Morgan fingerprint density at radius 3 is 2.55 bits per heavy atom. The van der Waals surface area contributed by atoms with E-state index in [1.165, 1.54) is 0 Å². The minimum absolute atomic E-state index is 0.0827.